The fourth-order valence-electron chi connectivity index (χ4n) is 2.55. The maximum absolute atomic E-state index is 13.5. The van der Waals surface area contributed by atoms with Gasteiger partial charge in [-0.25, -0.2) is 22.0 Å². The fourth-order valence-corrected chi connectivity index (χ4v) is 5.31. The number of ether oxygens (including phenoxy) is 1. The van der Waals surface area contributed by atoms with Crippen molar-refractivity contribution in [3.63, 3.8) is 0 Å². The molecule has 0 aliphatic carbocycles. The lowest BCUT2D eigenvalue weighted by atomic mass is 10.1. The maximum atomic E-state index is 13.5. The molecule has 5 nitrogen and oxygen atoms in total. The van der Waals surface area contributed by atoms with E-state index in [-0.39, 0.29) is 15.5 Å². The Labute approximate surface area is 164 Å². The summed E-state index contributed by atoms with van der Waals surface area (Å²) < 4.78 is 59.5. The Bertz CT molecular complexity index is 1140. The van der Waals surface area contributed by atoms with Crippen LogP contribution < -0.4 is 4.72 Å². The van der Waals surface area contributed by atoms with Gasteiger partial charge in [0.2, 0.25) is 0 Å². The highest BCUT2D eigenvalue weighted by molar-refractivity contribution is 7.93. The van der Waals surface area contributed by atoms with Gasteiger partial charge in [0.15, 0.2) is 11.6 Å². The van der Waals surface area contributed by atoms with Crippen LogP contribution in [-0.4, -0.2) is 21.5 Å². The van der Waals surface area contributed by atoms with Crippen molar-refractivity contribution in [1.29, 1.82) is 0 Å². The number of halogens is 2. The molecule has 1 N–H and O–H groups in total. The molecule has 0 atom stereocenters. The summed E-state index contributed by atoms with van der Waals surface area (Å²) in [6.45, 7) is 1.89. The normalized spacial score (nSPS) is 11.3. The second-order valence-electron chi connectivity index (χ2n) is 5.90. The quantitative estimate of drug-likeness (QED) is 0.610. The summed E-state index contributed by atoms with van der Waals surface area (Å²) in [5, 5.41) is 1.54. The minimum atomic E-state index is -4.30. The number of sulfonamides is 1. The van der Waals surface area contributed by atoms with Crippen LogP contribution in [0.15, 0.2) is 52.7 Å². The monoisotopic (exact) mass is 423 g/mol. The molecule has 0 aliphatic rings. The summed E-state index contributed by atoms with van der Waals surface area (Å²) in [5.41, 5.74) is 1.70. The number of benzene rings is 2. The van der Waals surface area contributed by atoms with E-state index in [9.17, 15) is 22.0 Å². The smallest absolute Gasteiger partial charge is 0.349 e. The second kappa shape index (κ2) is 7.69. The Kier molecular flexibility index (Phi) is 5.48. The number of thiophene rings is 1. The first-order valence-corrected chi connectivity index (χ1v) is 10.3. The molecular formula is C19H15F2NO4S2. The number of nitrogens with one attached hydrogen (secondary N) is 1. The zero-order chi connectivity index (χ0) is 20.5. The van der Waals surface area contributed by atoms with Crippen LogP contribution in [0.1, 0.15) is 15.2 Å². The van der Waals surface area contributed by atoms with Crippen LogP contribution in [0, 0.1) is 18.6 Å². The van der Waals surface area contributed by atoms with E-state index < -0.39 is 27.6 Å². The van der Waals surface area contributed by atoms with E-state index in [0.29, 0.717) is 11.1 Å². The molecule has 3 aromatic rings. The summed E-state index contributed by atoms with van der Waals surface area (Å²) in [6, 6.07) is 9.70. The molecule has 28 heavy (non-hydrogen) atoms. The Hall–Kier alpha value is -2.78. The number of rotatable bonds is 5. The van der Waals surface area contributed by atoms with Crippen LogP contribution in [-0.2, 0) is 14.8 Å². The third-order valence-corrected chi connectivity index (χ3v) is 6.47. The number of hydrogen-bond donors (Lipinski definition) is 1. The second-order valence-corrected chi connectivity index (χ2v) is 8.40. The number of aryl methyl sites for hydroxylation is 1. The number of hydrogen-bond acceptors (Lipinski definition) is 5. The number of methoxy groups -OCH3 is 1. The highest BCUT2D eigenvalue weighted by Gasteiger charge is 2.30. The van der Waals surface area contributed by atoms with E-state index >= 15 is 0 Å². The van der Waals surface area contributed by atoms with Gasteiger partial charge in [0.05, 0.1) is 12.8 Å². The lowest BCUT2D eigenvalue weighted by Gasteiger charge is -2.11. The maximum Gasteiger partial charge on any atom is 0.349 e. The zero-order valence-electron chi connectivity index (χ0n) is 14.8. The third-order valence-electron chi connectivity index (χ3n) is 3.92. The predicted molar refractivity (Wildman–Crippen MR) is 103 cm³/mol. The first-order valence-electron chi connectivity index (χ1n) is 7.97. The number of esters is 1. The van der Waals surface area contributed by atoms with Gasteiger partial charge in [0, 0.05) is 17.0 Å². The summed E-state index contributed by atoms with van der Waals surface area (Å²) in [7, 11) is -3.16. The van der Waals surface area contributed by atoms with Crippen molar-refractivity contribution in [1.82, 2.24) is 0 Å². The molecule has 0 spiro atoms. The van der Waals surface area contributed by atoms with Crippen LogP contribution in [0.25, 0.3) is 11.1 Å². The molecule has 0 unspecified atom stereocenters. The number of carbonyl (C=O) groups excluding carboxylic acids is 1. The molecule has 0 amide bonds. The van der Waals surface area contributed by atoms with Crippen molar-refractivity contribution < 1.29 is 26.7 Å². The van der Waals surface area contributed by atoms with Crippen LogP contribution in [0.5, 0.6) is 0 Å². The highest BCUT2D eigenvalue weighted by Crippen LogP contribution is 2.37. The van der Waals surface area contributed by atoms with Crippen LogP contribution in [0.2, 0.25) is 0 Å². The Morgan fingerprint density at radius 3 is 2.36 bits per heavy atom. The molecule has 0 saturated heterocycles. The lowest BCUT2D eigenvalue weighted by Crippen LogP contribution is -2.17. The van der Waals surface area contributed by atoms with Crippen LogP contribution >= 0.6 is 11.3 Å². The molecule has 0 aliphatic heterocycles. The fraction of sp³-hybridized carbons (Fsp3) is 0.105. The van der Waals surface area contributed by atoms with Gasteiger partial charge in [-0.2, -0.15) is 0 Å². The Morgan fingerprint density at radius 1 is 1.07 bits per heavy atom. The number of anilines is 1. The van der Waals surface area contributed by atoms with Crippen LogP contribution in [0.4, 0.5) is 14.5 Å². The predicted octanol–water partition coefficient (Wildman–Crippen LogP) is 4.59. The molecule has 0 radical (unpaired) electrons. The van der Waals surface area contributed by atoms with E-state index in [1.54, 1.807) is 12.1 Å². The van der Waals surface area contributed by atoms with Crippen molar-refractivity contribution in [2.45, 2.75) is 11.8 Å². The van der Waals surface area contributed by atoms with Crippen LogP contribution in [0.3, 0.4) is 0 Å². The molecule has 3 rings (SSSR count). The van der Waals surface area contributed by atoms with Gasteiger partial charge in [0.25, 0.3) is 10.0 Å². The van der Waals surface area contributed by atoms with Gasteiger partial charge in [0.1, 0.15) is 9.77 Å². The molecule has 1 aromatic heterocycles. The zero-order valence-corrected chi connectivity index (χ0v) is 16.5. The molecule has 2 aromatic carbocycles. The Balaban J connectivity index is 2.14. The average Bonchev–Trinajstić information content (AvgIpc) is 3.10. The molecular weight excluding hydrogens is 408 g/mol. The van der Waals surface area contributed by atoms with Gasteiger partial charge in [-0.1, -0.05) is 29.8 Å². The molecule has 1 heterocycles. The minimum absolute atomic E-state index is 0.117. The van der Waals surface area contributed by atoms with Gasteiger partial charge in [-0.3, -0.25) is 4.72 Å². The summed E-state index contributed by atoms with van der Waals surface area (Å²) >= 11 is 0.923. The van der Waals surface area contributed by atoms with Gasteiger partial charge >= 0.3 is 5.97 Å². The molecule has 0 fully saturated rings. The summed E-state index contributed by atoms with van der Waals surface area (Å²) in [6.07, 6.45) is 0. The summed E-state index contributed by atoms with van der Waals surface area (Å²) in [5.74, 6) is -3.11. The van der Waals surface area contributed by atoms with E-state index in [4.69, 9.17) is 4.74 Å². The average molecular weight is 423 g/mol. The van der Waals surface area contributed by atoms with Gasteiger partial charge in [-0.05, 0) is 24.6 Å². The van der Waals surface area contributed by atoms with E-state index in [1.165, 1.54) is 5.38 Å². The van der Waals surface area contributed by atoms with Crippen molar-refractivity contribution in [3.05, 3.63) is 69.9 Å². The largest absolute Gasteiger partial charge is 0.465 e. The van der Waals surface area contributed by atoms with Crippen molar-refractivity contribution in [2.75, 3.05) is 11.8 Å². The lowest BCUT2D eigenvalue weighted by molar-refractivity contribution is 0.0602. The van der Waals surface area contributed by atoms with Gasteiger partial charge < -0.3 is 4.74 Å². The highest BCUT2D eigenvalue weighted by atomic mass is 32.2. The standard InChI is InChI=1S/C19H15F2NO4S2/c1-11-3-5-12(6-4-11)14-10-27-17(19(23)26-2)18(14)28(24,25)22-13-7-8-15(20)16(21)9-13/h3-10,22H,1-2H3. The van der Waals surface area contributed by atoms with Crippen molar-refractivity contribution >= 4 is 33.0 Å². The van der Waals surface area contributed by atoms with E-state index in [0.717, 1.165) is 42.2 Å². The first-order chi connectivity index (χ1) is 13.2. The van der Waals surface area contributed by atoms with Crippen molar-refractivity contribution in [2.24, 2.45) is 0 Å². The van der Waals surface area contributed by atoms with Gasteiger partial charge in [-0.15, -0.1) is 11.3 Å². The first kappa shape index (κ1) is 20.0. The van der Waals surface area contributed by atoms with Crippen molar-refractivity contribution in [3.8, 4) is 11.1 Å². The molecule has 0 bridgehead atoms. The molecule has 146 valence electrons. The minimum Gasteiger partial charge on any atom is -0.465 e. The van der Waals surface area contributed by atoms with E-state index in [1.807, 2.05) is 19.1 Å². The third kappa shape index (κ3) is 3.90. The molecule has 0 saturated carbocycles. The number of carbonyl (C=O) groups is 1. The topological polar surface area (TPSA) is 72.5 Å². The summed E-state index contributed by atoms with van der Waals surface area (Å²) in [4.78, 5) is 11.7. The SMILES string of the molecule is COC(=O)c1scc(-c2ccc(C)cc2)c1S(=O)(=O)Nc1ccc(F)c(F)c1. The van der Waals surface area contributed by atoms with E-state index in [2.05, 4.69) is 4.72 Å². The Morgan fingerprint density at radius 2 is 1.75 bits per heavy atom. The molecule has 9 heteroatoms.